The maximum Gasteiger partial charge on any atom is 0.266 e. The summed E-state index contributed by atoms with van der Waals surface area (Å²) in [7, 11) is 0. The number of carbonyl (C=O) groups excluding carboxylic acids is 1. The molecule has 3 nitrogen and oxygen atoms in total. The van der Waals surface area contributed by atoms with Gasteiger partial charge in [-0.2, -0.15) is 0 Å². The van der Waals surface area contributed by atoms with Gasteiger partial charge in [-0.3, -0.25) is 9.69 Å². The van der Waals surface area contributed by atoms with Crippen LogP contribution in [0.5, 0.6) is 0 Å². The summed E-state index contributed by atoms with van der Waals surface area (Å²) in [5, 5.41) is 2.66. The second-order valence-corrected chi connectivity index (χ2v) is 6.21. The molecule has 2 saturated heterocycles. The Hall–Kier alpha value is -1.49. The van der Waals surface area contributed by atoms with E-state index in [1.54, 1.807) is 4.90 Å². The minimum Gasteiger partial charge on any atom is -0.356 e. The van der Waals surface area contributed by atoms with Crippen LogP contribution in [0.25, 0.3) is 0 Å². The highest BCUT2D eigenvalue weighted by Gasteiger charge is 2.57. The SMILES string of the molecule is O=C1CC2(CCN1)CCN(Cc1ccccc1)CC2(F)F. The topological polar surface area (TPSA) is 32.3 Å². The number of likely N-dealkylation sites (tertiary alicyclic amines) is 1. The average molecular weight is 294 g/mol. The Morgan fingerprint density at radius 2 is 1.95 bits per heavy atom. The summed E-state index contributed by atoms with van der Waals surface area (Å²) in [4.78, 5) is 13.3. The average Bonchev–Trinajstić information content (AvgIpc) is 2.44. The second-order valence-electron chi connectivity index (χ2n) is 6.21. The lowest BCUT2D eigenvalue weighted by molar-refractivity contribution is -0.185. The lowest BCUT2D eigenvalue weighted by Crippen LogP contribution is -2.59. The fourth-order valence-corrected chi connectivity index (χ4v) is 3.48. The third-order valence-electron chi connectivity index (χ3n) is 4.78. The van der Waals surface area contributed by atoms with Crippen LogP contribution in [0.15, 0.2) is 30.3 Å². The summed E-state index contributed by atoms with van der Waals surface area (Å²) in [5.74, 6) is -3.05. The van der Waals surface area contributed by atoms with Gasteiger partial charge in [-0.1, -0.05) is 30.3 Å². The highest BCUT2D eigenvalue weighted by atomic mass is 19.3. The molecule has 5 heteroatoms. The van der Waals surface area contributed by atoms with Crippen molar-refractivity contribution in [2.75, 3.05) is 19.6 Å². The molecule has 0 aliphatic carbocycles. The number of nitrogens with one attached hydrogen (secondary N) is 1. The summed E-state index contributed by atoms with van der Waals surface area (Å²) in [6.45, 7) is 1.28. The van der Waals surface area contributed by atoms with E-state index in [0.717, 1.165) is 5.56 Å². The highest BCUT2D eigenvalue weighted by Crippen LogP contribution is 2.50. The first-order valence-corrected chi connectivity index (χ1v) is 7.42. The van der Waals surface area contributed by atoms with E-state index in [-0.39, 0.29) is 18.9 Å². The van der Waals surface area contributed by atoms with Gasteiger partial charge in [0.1, 0.15) is 0 Å². The normalized spacial score (nSPS) is 29.3. The van der Waals surface area contributed by atoms with Crippen LogP contribution in [-0.2, 0) is 11.3 Å². The minimum atomic E-state index is -2.81. The Labute approximate surface area is 123 Å². The van der Waals surface area contributed by atoms with Gasteiger partial charge >= 0.3 is 0 Å². The van der Waals surface area contributed by atoms with E-state index in [1.165, 1.54) is 0 Å². The number of carbonyl (C=O) groups is 1. The van der Waals surface area contributed by atoms with Crippen LogP contribution in [0.1, 0.15) is 24.8 Å². The van der Waals surface area contributed by atoms with Crippen LogP contribution >= 0.6 is 0 Å². The van der Waals surface area contributed by atoms with Crippen molar-refractivity contribution in [3.05, 3.63) is 35.9 Å². The third kappa shape index (κ3) is 2.79. The smallest absolute Gasteiger partial charge is 0.266 e. The molecular weight excluding hydrogens is 274 g/mol. The molecule has 1 aromatic rings. The fraction of sp³-hybridized carbons (Fsp3) is 0.562. The van der Waals surface area contributed by atoms with Gasteiger partial charge in [0.15, 0.2) is 0 Å². The number of rotatable bonds is 2. The number of hydrogen-bond donors (Lipinski definition) is 1. The van der Waals surface area contributed by atoms with E-state index >= 15 is 0 Å². The van der Waals surface area contributed by atoms with Gasteiger partial charge < -0.3 is 5.32 Å². The number of nitrogens with zero attached hydrogens (tertiary/aromatic N) is 1. The first-order valence-electron chi connectivity index (χ1n) is 7.42. The van der Waals surface area contributed by atoms with Gasteiger partial charge in [0, 0.05) is 24.9 Å². The number of amides is 1. The molecule has 2 aliphatic heterocycles. The molecule has 0 aromatic heterocycles. The van der Waals surface area contributed by atoms with Gasteiger partial charge in [0.2, 0.25) is 5.91 Å². The maximum absolute atomic E-state index is 14.6. The molecule has 0 bridgehead atoms. The van der Waals surface area contributed by atoms with Crippen molar-refractivity contribution in [1.29, 1.82) is 0 Å². The molecule has 1 atom stereocenters. The van der Waals surface area contributed by atoms with E-state index in [0.29, 0.717) is 32.5 Å². The lowest BCUT2D eigenvalue weighted by Gasteiger charge is -2.49. The highest BCUT2D eigenvalue weighted by molar-refractivity contribution is 5.77. The number of alkyl halides is 2. The van der Waals surface area contributed by atoms with Crippen molar-refractivity contribution < 1.29 is 13.6 Å². The number of halogens is 2. The van der Waals surface area contributed by atoms with Crippen LogP contribution in [0, 0.1) is 5.41 Å². The monoisotopic (exact) mass is 294 g/mol. The first-order chi connectivity index (χ1) is 10.0. The zero-order valence-corrected chi connectivity index (χ0v) is 11.9. The van der Waals surface area contributed by atoms with Crippen LogP contribution in [0.4, 0.5) is 8.78 Å². The van der Waals surface area contributed by atoms with Crippen molar-refractivity contribution in [3.63, 3.8) is 0 Å². The van der Waals surface area contributed by atoms with Crippen LogP contribution in [-0.4, -0.2) is 36.4 Å². The molecule has 0 saturated carbocycles. The summed E-state index contributed by atoms with van der Waals surface area (Å²) in [6.07, 6.45) is 0.727. The molecule has 2 fully saturated rings. The lowest BCUT2D eigenvalue weighted by atomic mass is 9.68. The quantitative estimate of drug-likeness (QED) is 0.908. The predicted molar refractivity (Wildman–Crippen MR) is 76.0 cm³/mol. The Morgan fingerprint density at radius 1 is 1.19 bits per heavy atom. The van der Waals surface area contributed by atoms with E-state index in [2.05, 4.69) is 5.32 Å². The fourth-order valence-electron chi connectivity index (χ4n) is 3.48. The van der Waals surface area contributed by atoms with Gasteiger partial charge in [-0.05, 0) is 24.9 Å². The van der Waals surface area contributed by atoms with Gasteiger partial charge in [0.05, 0.1) is 6.54 Å². The number of hydrogen-bond acceptors (Lipinski definition) is 2. The van der Waals surface area contributed by atoms with Gasteiger partial charge in [0.25, 0.3) is 5.92 Å². The van der Waals surface area contributed by atoms with Crippen LogP contribution in [0.2, 0.25) is 0 Å². The molecule has 1 N–H and O–H groups in total. The Bertz CT molecular complexity index is 520. The zero-order chi connectivity index (χ0) is 14.9. The molecule has 1 spiro atoms. The van der Waals surface area contributed by atoms with Crippen LogP contribution < -0.4 is 5.32 Å². The van der Waals surface area contributed by atoms with Crippen molar-refractivity contribution >= 4 is 5.91 Å². The number of benzene rings is 1. The molecule has 21 heavy (non-hydrogen) atoms. The summed E-state index contributed by atoms with van der Waals surface area (Å²) in [5.41, 5.74) is -0.0895. The van der Waals surface area contributed by atoms with Crippen molar-refractivity contribution in [2.45, 2.75) is 31.7 Å². The third-order valence-corrected chi connectivity index (χ3v) is 4.78. The van der Waals surface area contributed by atoms with Gasteiger partial charge in [-0.15, -0.1) is 0 Å². The van der Waals surface area contributed by atoms with E-state index < -0.39 is 11.3 Å². The Morgan fingerprint density at radius 3 is 2.62 bits per heavy atom. The second kappa shape index (κ2) is 5.37. The standard InChI is InChI=1S/C16H20F2N2O/c17-16(18)12-20(11-13-4-2-1-3-5-13)9-7-15(16)6-8-19-14(21)10-15/h1-5H,6-12H2,(H,19,21). The van der Waals surface area contributed by atoms with Crippen LogP contribution in [0.3, 0.4) is 0 Å². The molecule has 1 amide bonds. The molecule has 114 valence electrons. The Balaban J connectivity index is 1.71. The minimum absolute atomic E-state index is 0.0425. The van der Waals surface area contributed by atoms with E-state index in [4.69, 9.17) is 0 Å². The summed E-state index contributed by atoms with van der Waals surface area (Å²) < 4.78 is 29.3. The molecule has 2 heterocycles. The molecule has 3 rings (SSSR count). The molecule has 2 aliphatic rings. The van der Waals surface area contributed by atoms with Gasteiger partial charge in [-0.25, -0.2) is 8.78 Å². The molecule has 0 radical (unpaired) electrons. The van der Waals surface area contributed by atoms with Crippen molar-refractivity contribution in [3.8, 4) is 0 Å². The molecular formula is C16H20F2N2O. The zero-order valence-electron chi connectivity index (χ0n) is 11.9. The van der Waals surface area contributed by atoms with E-state index in [1.807, 2.05) is 30.3 Å². The van der Waals surface area contributed by atoms with Crippen molar-refractivity contribution in [1.82, 2.24) is 10.2 Å². The predicted octanol–water partition coefficient (Wildman–Crippen LogP) is 2.42. The van der Waals surface area contributed by atoms with Crippen molar-refractivity contribution in [2.24, 2.45) is 5.41 Å². The Kier molecular flexibility index (Phi) is 3.69. The molecule has 1 unspecified atom stereocenters. The summed E-state index contributed by atoms with van der Waals surface area (Å²) in [6, 6.07) is 9.67. The first kappa shape index (κ1) is 14.4. The maximum atomic E-state index is 14.6. The largest absolute Gasteiger partial charge is 0.356 e. The van der Waals surface area contributed by atoms with E-state index in [9.17, 15) is 13.6 Å². The number of piperidine rings is 2. The summed E-state index contributed by atoms with van der Waals surface area (Å²) >= 11 is 0. The molecule has 1 aromatic carbocycles.